The van der Waals surface area contributed by atoms with Crippen LogP contribution in [0.2, 0.25) is 0 Å². The predicted molar refractivity (Wildman–Crippen MR) is 80.5 cm³/mol. The first-order chi connectivity index (χ1) is 9.20. The molecule has 0 bridgehead atoms. The van der Waals surface area contributed by atoms with Gasteiger partial charge in [0.05, 0.1) is 22.8 Å². The van der Waals surface area contributed by atoms with Gasteiger partial charge in [0.25, 0.3) is 0 Å². The first-order valence-corrected chi connectivity index (χ1v) is 7.69. The average molecular weight is 341 g/mol. The van der Waals surface area contributed by atoms with Crippen LogP contribution in [0.15, 0.2) is 10.7 Å². The third-order valence-corrected chi connectivity index (χ3v) is 4.96. The molecule has 2 aromatic heterocycles. The third kappa shape index (κ3) is 2.28. The van der Waals surface area contributed by atoms with Gasteiger partial charge >= 0.3 is 0 Å². The summed E-state index contributed by atoms with van der Waals surface area (Å²) in [5.41, 5.74) is 1.03. The monoisotopic (exact) mass is 340 g/mol. The van der Waals surface area contributed by atoms with E-state index in [1.165, 1.54) is 11.3 Å². The minimum Gasteiger partial charge on any atom is -0.378 e. The Hall–Kier alpha value is -0.980. The Bertz CT molecular complexity index is 635. The number of nitrogens with zero attached hydrogens (tertiary/aromatic N) is 2. The zero-order valence-corrected chi connectivity index (χ0v) is 12.9. The number of aromatic nitrogens is 1. The van der Waals surface area contributed by atoms with E-state index >= 15 is 0 Å². The largest absolute Gasteiger partial charge is 0.378 e. The molecule has 19 heavy (non-hydrogen) atoms. The van der Waals surface area contributed by atoms with Crippen LogP contribution in [-0.2, 0) is 4.74 Å². The van der Waals surface area contributed by atoms with Crippen LogP contribution in [0.25, 0.3) is 10.1 Å². The number of hydrogen-bond acceptors (Lipinski definition) is 5. The van der Waals surface area contributed by atoms with Crippen LogP contribution in [-0.4, -0.2) is 37.6 Å². The Morgan fingerprint density at radius 3 is 2.89 bits per heavy atom. The zero-order valence-electron chi connectivity index (χ0n) is 10.5. The van der Waals surface area contributed by atoms with Gasteiger partial charge in [-0.1, -0.05) is 0 Å². The lowest BCUT2D eigenvalue weighted by atomic mass is 10.2. The maximum atomic E-state index is 11.1. The van der Waals surface area contributed by atoms with Crippen molar-refractivity contribution in [1.29, 1.82) is 0 Å². The Kier molecular flexibility index (Phi) is 3.56. The van der Waals surface area contributed by atoms with E-state index in [9.17, 15) is 4.79 Å². The highest BCUT2D eigenvalue weighted by molar-refractivity contribution is 9.10. The van der Waals surface area contributed by atoms with Crippen molar-refractivity contribution in [1.82, 2.24) is 4.98 Å². The minimum absolute atomic E-state index is 0.723. The minimum atomic E-state index is 0.723. The number of ether oxygens (including phenoxy) is 1. The summed E-state index contributed by atoms with van der Waals surface area (Å²) in [5.74, 6) is 0.953. The fraction of sp³-hybridized carbons (Fsp3) is 0.385. The predicted octanol–water partition coefficient (Wildman–Crippen LogP) is 3.02. The average Bonchev–Trinajstić information content (AvgIpc) is 2.76. The van der Waals surface area contributed by atoms with E-state index in [2.05, 4.69) is 25.8 Å². The van der Waals surface area contributed by atoms with Gasteiger partial charge in [-0.05, 0) is 34.5 Å². The lowest BCUT2D eigenvalue weighted by Crippen LogP contribution is -2.36. The molecule has 3 rings (SSSR count). The van der Waals surface area contributed by atoms with Crippen molar-refractivity contribution in [3.05, 3.63) is 21.1 Å². The maximum absolute atomic E-state index is 11.1. The Labute approximate surface area is 123 Å². The molecule has 4 nitrogen and oxygen atoms in total. The number of hydrogen-bond donors (Lipinski definition) is 0. The van der Waals surface area contributed by atoms with E-state index < -0.39 is 0 Å². The Balaban J connectivity index is 2.19. The molecular formula is C13H13BrN2O2S. The second-order valence-electron chi connectivity index (χ2n) is 4.45. The lowest BCUT2D eigenvalue weighted by Gasteiger charge is -2.28. The molecule has 1 aliphatic heterocycles. The SMILES string of the molecule is Cc1c(C=O)sc2c(N3CCOCC3)nc(Br)cc12. The van der Waals surface area contributed by atoms with Crippen LogP contribution in [0.4, 0.5) is 5.82 Å². The highest BCUT2D eigenvalue weighted by Crippen LogP contribution is 2.37. The molecule has 0 atom stereocenters. The highest BCUT2D eigenvalue weighted by atomic mass is 79.9. The fourth-order valence-electron chi connectivity index (χ4n) is 2.29. The van der Waals surface area contributed by atoms with Crippen molar-refractivity contribution < 1.29 is 9.53 Å². The molecule has 0 unspecified atom stereocenters. The number of anilines is 1. The normalized spacial score (nSPS) is 16.0. The van der Waals surface area contributed by atoms with Crippen molar-refractivity contribution in [3.63, 3.8) is 0 Å². The van der Waals surface area contributed by atoms with Crippen molar-refractivity contribution in [2.75, 3.05) is 31.2 Å². The first kappa shape index (κ1) is 13.0. The molecule has 1 aliphatic rings. The fourth-order valence-corrected chi connectivity index (χ4v) is 3.81. The topological polar surface area (TPSA) is 42.4 Å². The van der Waals surface area contributed by atoms with Crippen LogP contribution in [0, 0.1) is 6.92 Å². The first-order valence-electron chi connectivity index (χ1n) is 6.08. The van der Waals surface area contributed by atoms with Gasteiger partial charge in [0.1, 0.15) is 10.4 Å². The van der Waals surface area contributed by atoms with E-state index in [4.69, 9.17) is 4.74 Å². The van der Waals surface area contributed by atoms with Crippen molar-refractivity contribution in [2.45, 2.75) is 6.92 Å². The summed E-state index contributed by atoms with van der Waals surface area (Å²) in [5, 5.41) is 1.11. The van der Waals surface area contributed by atoms with Crippen molar-refractivity contribution >= 4 is 49.5 Å². The van der Waals surface area contributed by atoms with Gasteiger partial charge in [0.15, 0.2) is 6.29 Å². The highest BCUT2D eigenvalue weighted by Gasteiger charge is 2.19. The number of morpholine rings is 1. The van der Waals surface area contributed by atoms with E-state index in [0.717, 1.165) is 63.5 Å². The summed E-state index contributed by atoms with van der Waals surface area (Å²) in [4.78, 5) is 18.7. The number of fused-ring (bicyclic) bond motifs is 1. The van der Waals surface area contributed by atoms with Crippen molar-refractivity contribution in [2.24, 2.45) is 0 Å². The standard InChI is InChI=1S/C13H13BrN2O2S/c1-8-9-6-11(14)15-13(12(9)19-10(8)7-17)16-2-4-18-5-3-16/h6-7H,2-5H2,1H3. The Morgan fingerprint density at radius 2 is 2.21 bits per heavy atom. The number of halogens is 1. The van der Waals surface area contributed by atoms with Gasteiger partial charge in [0.2, 0.25) is 0 Å². The lowest BCUT2D eigenvalue weighted by molar-refractivity contribution is 0.112. The second-order valence-corrected chi connectivity index (χ2v) is 6.32. The molecule has 0 saturated carbocycles. The van der Waals surface area contributed by atoms with Gasteiger partial charge in [-0.3, -0.25) is 4.79 Å². The number of aldehydes is 1. The number of carbonyl (C=O) groups is 1. The molecule has 1 fully saturated rings. The smallest absolute Gasteiger partial charge is 0.160 e. The molecule has 0 aromatic carbocycles. The molecule has 100 valence electrons. The van der Waals surface area contributed by atoms with Crippen molar-refractivity contribution in [3.8, 4) is 0 Å². The van der Waals surface area contributed by atoms with E-state index in [0.29, 0.717) is 0 Å². The summed E-state index contributed by atoms with van der Waals surface area (Å²) in [6.07, 6.45) is 0.928. The summed E-state index contributed by atoms with van der Waals surface area (Å²) in [7, 11) is 0. The van der Waals surface area contributed by atoms with E-state index in [-0.39, 0.29) is 0 Å². The van der Waals surface area contributed by atoms with Crippen LogP contribution in [0.5, 0.6) is 0 Å². The second kappa shape index (κ2) is 5.19. The van der Waals surface area contributed by atoms with Gasteiger partial charge in [-0.2, -0.15) is 0 Å². The van der Waals surface area contributed by atoms with E-state index in [1.807, 2.05) is 13.0 Å². The molecule has 0 radical (unpaired) electrons. The van der Waals surface area contributed by atoms with Crippen LogP contribution >= 0.6 is 27.3 Å². The molecule has 0 aliphatic carbocycles. The van der Waals surface area contributed by atoms with Gasteiger partial charge in [0, 0.05) is 18.5 Å². The zero-order chi connectivity index (χ0) is 13.4. The maximum Gasteiger partial charge on any atom is 0.160 e. The van der Waals surface area contributed by atoms with Gasteiger partial charge in [-0.15, -0.1) is 11.3 Å². The molecule has 0 spiro atoms. The molecular weight excluding hydrogens is 328 g/mol. The van der Waals surface area contributed by atoms with Gasteiger partial charge < -0.3 is 9.64 Å². The molecule has 6 heteroatoms. The summed E-state index contributed by atoms with van der Waals surface area (Å²) in [6.45, 7) is 5.11. The van der Waals surface area contributed by atoms with Gasteiger partial charge in [-0.25, -0.2) is 4.98 Å². The number of pyridine rings is 1. The quantitative estimate of drug-likeness (QED) is 0.622. The number of thiophene rings is 1. The van der Waals surface area contributed by atoms with Crippen LogP contribution < -0.4 is 4.90 Å². The summed E-state index contributed by atoms with van der Waals surface area (Å²) < 4.78 is 7.27. The summed E-state index contributed by atoms with van der Waals surface area (Å²) in [6, 6.07) is 1.98. The van der Waals surface area contributed by atoms with E-state index in [1.54, 1.807) is 0 Å². The van der Waals surface area contributed by atoms with Crippen LogP contribution in [0.1, 0.15) is 15.2 Å². The third-order valence-electron chi connectivity index (χ3n) is 3.33. The molecule has 3 heterocycles. The summed E-state index contributed by atoms with van der Waals surface area (Å²) >= 11 is 4.98. The number of rotatable bonds is 2. The molecule has 1 saturated heterocycles. The Morgan fingerprint density at radius 1 is 1.47 bits per heavy atom. The number of aryl methyl sites for hydroxylation is 1. The van der Waals surface area contributed by atoms with Crippen LogP contribution in [0.3, 0.4) is 0 Å². The molecule has 0 amide bonds. The number of carbonyl (C=O) groups excluding carboxylic acids is 1. The molecule has 0 N–H and O–H groups in total. The molecule has 2 aromatic rings.